The van der Waals surface area contributed by atoms with Gasteiger partial charge in [-0.25, -0.2) is 4.68 Å². The standard InChI is InChI=1S/C26H26N4O3/c1-26(2)13-20-22(21(31)14-26)23(16-9-11-18(33-3)12-10-16)30-24(29-20)19(15-27-30)25(32)28-17-7-5-4-6-8-17/h4-12,15,23,29H,13-14H2,1-3H3,(H,28,32)/t23-/m1/s1. The minimum Gasteiger partial charge on any atom is -0.497 e. The topological polar surface area (TPSA) is 85.2 Å². The van der Waals surface area contributed by atoms with E-state index in [0.717, 1.165) is 17.0 Å². The molecule has 1 aliphatic carbocycles. The van der Waals surface area contributed by atoms with E-state index in [0.29, 0.717) is 35.5 Å². The largest absolute Gasteiger partial charge is 0.497 e. The second-order valence-corrected chi connectivity index (χ2v) is 9.31. The first-order valence-corrected chi connectivity index (χ1v) is 11.0. The third-order valence-corrected chi connectivity index (χ3v) is 6.21. The van der Waals surface area contributed by atoms with Crippen LogP contribution in [0.25, 0.3) is 0 Å². The number of amides is 1. The maximum Gasteiger partial charge on any atom is 0.261 e. The van der Waals surface area contributed by atoms with Crippen molar-refractivity contribution in [1.29, 1.82) is 0 Å². The monoisotopic (exact) mass is 442 g/mol. The van der Waals surface area contributed by atoms with E-state index in [9.17, 15) is 9.59 Å². The SMILES string of the molecule is COc1ccc([C@@H]2C3=C(CC(C)(C)CC3=O)Nc3c(C(=O)Nc4ccccc4)cnn32)cc1. The molecular formula is C26H26N4O3. The molecule has 0 fully saturated rings. The second kappa shape index (κ2) is 7.92. The van der Waals surface area contributed by atoms with Crippen LogP contribution in [-0.2, 0) is 4.79 Å². The molecule has 33 heavy (non-hydrogen) atoms. The maximum atomic E-state index is 13.3. The number of ketones is 1. The molecule has 2 aliphatic rings. The van der Waals surface area contributed by atoms with Crippen molar-refractivity contribution >= 4 is 23.2 Å². The quantitative estimate of drug-likeness (QED) is 0.606. The molecule has 0 spiro atoms. The molecule has 7 nitrogen and oxygen atoms in total. The summed E-state index contributed by atoms with van der Waals surface area (Å²) in [6.45, 7) is 4.18. The molecule has 2 heterocycles. The maximum absolute atomic E-state index is 13.3. The number of carbonyl (C=O) groups is 2. The van der Waals surface area contributed by atoms with Crippen LogP contribution < -0.4 is 15.4 Å². The Labute approximate surface area is 192 Å². The second-order valence-electron chi connectivity index (χ2n) is 9.31. The summed E-state index contributed by atoms with van der Waals surface area (Å²) in [5.74, 6) is 1.18. The van der Waals surface area contributed by atoms with Crippen molar-refractivity contribution in [2.45, 2.75) is 32.7 Å². The van der Waals surface area contributed by atoms with Crippen molar-refractivity contribution in [2.24, 2.45) is 5.41 Å². The fraction of sp³-hybridized carbons (Fsp3) is 0.269. The Balaban J connectivity index is 1.60. The van der Waals surface area contributed by atoms with Crippen LogP contribution in [0, 0.1) is 5.41 Å². The molecule has 168 valence electrons. The summed E-state index contributed by atoms with van der Waals surface area (Å²) >= 11 is 0. The number of anilines is 2. The van der Waals surface area contributed by atoms with Crippen molar-refractivity contribution in [1.82, 2.24) is 9.78 Å². The number of Topliss-reactive ketones (excluding diaryl/α,β-unsaturated/α-hetero) is 1. The molecular weight excluding hydrogens is 416 g/mol. The molecule has 1 aliphatic heterocycles. The van der Waals surface area contributed by atoms with Gasteiger partial charge in [0.1, 0.15) is 23.2 Å². The van der Waals surface area contributed by atoms with Crippen LogP contribution in [-0.4, -0.2) is 28.6 Å². The van der Waals surface area contributed by atoms with Crippen LogP contribution in [0.3, 0.4) is 0 Å². The number of nitrogens with one attached hydrogen (secondary N) is 2. The van der Waals surface area contributed by atoms with Gasteiger partial charge < -0.3 is 15.4 Å². The van der Waals surface area contributed by atoms with E-state index < -0.39 is 6.04 Å². The number of methoxy groups -OCH3 is 1. The molecule has 5 rings (SSSR count). The van der Waals surface area contributed by atoms with Crippen molar-refractivity contribution in [2.75, 3.05) is 17.7 Å². The van der Waals surface area contributed by atoms with Crippen LogP contribution in [0.5, 0.6) is 5.75 Å². The lowest BCUT2D eigenvalue weighted by Crippen LogP contribution is -2.36. The number of fused-ring (bicyclic) bond motifs is 1. The Morgan fingerprint density at radius 3 is 2.55 bits per heavy atom. The zero-order valence-corrected chi connectivity index (χ0v) is 18.9. The molecule has 0 saturated carbocycles. The Morgan fingerprint density at radius 2 is 1.85 bits per heavy atom. The van der Waals surface area contributed by atoms with Crippen LogP contribution in [0.2, 0.25) is 0 Å². The normalized spacial score (nSPS) is 18.8. The third-order valence-electron chi connectivity index (χ3n) is 6.21. The van der Waals surface area contributed by atoms with Crippen molar-refractivity contribution in [3.8, 4) is 5.75 Å². The zero-order valence-electron chi connectivity index (χ0n) is 18.9. The molecule has 1 atom stereocenters. The summed E-state index contributed by atoms with van der Waals surface area (Å²) in [6.07, 6.45) is 2.75. The van der Waals surface area contributed by atoms with Gasteiger partial charge in [-0.05, 0) is 41.7 Å². The smallest absolute Gasteiger partial charge is 0.261 e. The lowest BCUT2D eigenvalue weighted by atomic mass is 9.73. The fourth-order valence-corrected chi connectivity index (χ4v) is 4.69. The van der Waals surface area contributed by atoms with E-state index in [-0.39, 0.29) is 17.1 Å². The number of allylic oxidation sites excluding steroid dienone is 2. The number of ether oxygens (including phenoxy) is 1. The first-order chi connectivity index (χ1) is 15.9. The molecule has 1 amide bonds. The Hall–Kier alpha value is -3.87. The lowest BCUT2D eigenvalue weighted by Gasteiger charge is -2.39. The highest BCUT2D eigenvalue weighted by molar-refractivity contribution is 6.08. The van der Waals surface area contributed by atoms with Gasteiger partial charge in [0.15, 0.2) is 5.78 Å². The molecule has 0 saturated heterocycles. The van der Waals surface area contributed by atoms with Crippen molar-refractivity contribution < 1.29 is 14.3 Å². The first kappa shape index (κ1) is 21.0. The van der Waals surface area contributed by atoms with Gasteiger partial charge in [-0.1, -0.05) is 44.2 Å². The number of hydrogen-bond acceptors (Lipinski definition) is 5. The first-order valence-electron chi connectivity index (χ1n) is 11.0. The fourth-order valence-electron chi connectivity index (χ4n) is 4.69. The van der Waals surface area contributed by atoms with Gasteiger partial charge in [-0.2, -0.15) is 5.10 Å². The lowest BCUT2D eigenvalue weighted by molar-refractivity contribution is -0.118. The Kier molecular flexibility index (Phi) is 5.04. The van der Waals surface area contributed by atoms with Crippen molar-refractivity contribution in [3.63, 3.8) is 0 Å². The molecule has 0 bridgehead atoms. The summed E-state index contributed by atoms with van der Waals surface area (Å²) in [7, 11) is 1.62. The molecule has 3 aromatic rings. The number of aromatic nitrogens is 2. The van der Waals surface area contributed by atoms with Crippen molar-refractivity contribution in [3.05, 3.63) is 83.2 Å². The highest BCUT2D eigenvalue weighted by Gasteiger charge is 2.42. The van der Waals surface area contributed by atoms with Gasteiger partial charge in [-0.15, -0.1) is 0 Å². The predicted octanol–water partition coefficient (Wildman–Crippen LogP) is 4.80. The Morgan fingerprint density at radius 1 is 1.12 bits per heavy atom. The number of nitrogens with zero attached hydrogens (tertiary/aromatic N) is 2. The number of rotatable bonds is 4. The summed E-state index contributed by atoms with van der Waals surface area (Å²) in [5.41, 5.74) is 3.46. The summed E-state index contributed by atoms with van der Waals surface area (Å²) < 4.78 is 7.05. The Bertz CT molecular complexity index is 1260. The predicted molar refractivity (Wildman–Crippen MR) is 126 cm³/mol. The van der Waals surface area contributed by atoms with E-state index in [1.807, 2.05) is 54.6 Å². The van der Waals surface area contributed by atoms with Gasteiger partial charge in [-0.3, -0.25) is 9.59 Å². The minimum absolute atomic E-state index is 0.103. The highest BCUT2D eigenvalue weighted by atomic mass is 16.5. The van der Waals surface area contributed by atoms with Gasteiger partial charge in [0, 0.05) is 23.4 Å². The van der Waals surface area contributed by atoms with Crippen LogP contribution in [0.1, 0.15) is 48.7 Å². The van der Waals surface area contributed by atoms with E-state index in [1.54, 1.807) is 18.0 Å². The summed E-state index contributed by atoms with van der Waals surface area (Å²) in [5, 5.41) is 10.9. The van der Waals surface area contributed by atoms with E-state index in [4.69, 9.17) is 4.74 Å². The zero-order chi connectivity index (χ0) is 23.2. The average Bonchev–Trinajstić information content (AvgIpc) is 3.21. The third kappa shape index (κ3) is 3.80. The van der Waals surface area contributed by atoms with Gasteiger partial charge in [0.25, 0.3) is 5.91 Å². The van der Waals surface area contributed by atoms with Gasteiger partial charge >= 0.3 is 0 Å². The molecule has 7 heteroatoms. The molecule has 0 unspecified atom stereocenters. The summed E-state index contributed by atoms with van der Waals surface area (Å²) in [4.78, 5) is 26.4. The average molecular weight is 443 g/mol. The number of para-hydroxylation sites is 1. The highest BCUT2D eigenvalue weighted by Crippen LogP contribution is 2.46. The minimum atomic E-state index is -0.413. The van der Waals surface area contributed by atoms with E-state index in [1.165, 1.54) is 0 Å². The number of hydrogen-bond donors (Lipinski definition) is 2. The number of benzene rings is 2. The van der Waals surface area contributed by atoms with Gasteiger partial charge in [0.05, 0.1) is 13.3 Å². The number of carbonyl (C=O) groups excluding carboxylic acids is 2. The molecule has 2 N–H and O–H groups in total. The van der Waals surface area contributed by atoms with E-state index >= 15 is 0 Å². The van der Waals surface area contributed by atoms with Crippen LogP contribution in [0.4, 0.5) is 11.5 Å². The van der Waals surface area contributed by atoms with Crippen LogP contribution >= 0.6 is 0 Å². The molecule has 1 aromatic heterocycles. The van der Waals surface area contributed by atoms with Gasteiger partial charge in [0.2, 0.25) is 0 Å². The van der Waals surface area contributed by atoms with E-state index in [2.05, 4.69) is 29.6 Å². The summed E-state index contributed by atoms with van der Waals surface area (Å²) in [6, 6.07) is 16.5. The molecule has 2 aromatic carbocycles. The molecule has 0 radical (unpaired) electrons. The van der Waals surface area contributed by atoms with Crippen LogP contribution in [0.15, 0.2) is 72.1 Å².